The molecule has 0 fully saturated rings. The van der Waals surface area contributed by atoms with E-state index in [9.17, 15) is 9.59 Å². The summed E-state index contributed by atoms with van der Waals surface area (Å²) >= 11 is 18.5. The number of amides is 3. The van der Waals surface area contributed by atoms with Crippen LogP contribution < -0.4 is 16.0 Å². The SMILES string of the molecule is O=C(Nc1ccc(Cl)c(Cl)c1)Nc1nc(C(=O)Nc2ccc(Cl)nc2)cs1. The van der Waals surface area contributed by atoms with Crippen molar-refractivity contribution in [3.63, 3.8) is 0 Å². The Morgan fingerprint density at radius 2 is 1.70 bits per heavy atom. The van der Waals surface area contributed by atoms with Gasteiger partial charge in [-0.25, -0.2) is 14.8 Å². The van der Waals surface area contributed by atoms with Crippen LogP contribution in [-0.4, -0.2) is 21.9 Å². The summed E-state index contributed by atoms with van der Waals surface area (Å²) in [5, 5.41) is 10.6. The van der Waals surface area contributed by atoms with Crippen LogP contribution in [0.4, 0.5) is 21.3 Å². The van der Waals surface area contributed by atoms with Crippen LogP contribution in [0.3, 0.4) is 0 Å². The van der Waals surface area contributed by atoms with Crippen LogP contribution in [0.15, 0.2) is 41.9 Å². The van der Waals surface area contributed by atoms with Crippen molar-refractivity contribution in [3.05, 3.63) is 62.8 Å². The van der Waals surface area contributed by atoms with E-state index in [2.05, 4.69) is 25.9 Å². The molecular weight excluding hydrogens is 433 g/mol. The van der Waals surface area contributed by atoms with Crippen molar-refractivity contribution >= 4 is 74.6 Å². The highest BCUT2D eigenvalue weighted by atomic mass is 35.5. The fourth-order valence-electron chi connectivity index (χ4n) is 1.91. The number of hydrogen-bond donors (Lipinski definition) is 3. The molecule has 138 valence electrons. The Kier molecular flexibility index (Phi) is 6.12. The number of thiazole rings is 1. The smallest absolute Gasteiger partial charge is 0.319 e. The molecule has 3 rings (SSSR count). The Morgan fingerprint density at radius 1 is 0.926 bits per heavy atom. The molecule has 0 atom stereocenters. The van der Waals surface area contributed by atoms with Crippen molar-refractivity contribution in [2.75, 3.05) is 16.0 Å². The molecule has 11 heteroatoms. The average molecular weight is 443 g/mol. The minimum atomic E-state index is -0.531. The normalized spacial score (nSPS) is 10.3. The second-order valence-electron chi connectivity index (χ2n) is 5.07. The molecule has 0 aliphatic carbocycles. The molecule has 1 aromatic carbocycles. The molecule has 0 bridgehead atoms. The van der Waals surface area contributed by atoms with Crippen molar-refractivity contribution in [2.45, 2.75) is 0 Å². The van der Waals surface area contributed by atoms with E-state index < -0.39 is 11.9 Å². The van der Waals surface area contributed by atoms with Gasteiger partial charge in [-0.15, -0.1) is 11.3 Å². The van der Waals surface area contributed by atoms with Crippen molar-refractivity contribution in [2.24, 2.45) is 0 Å². The lowest BCUT2D eigenvalue weighted by atomic mass is 10.3. The van der Waals surface area contributed by atoms with Gasteiger partial charge in [-0.2, -0.15) is 0 Å². The summed E-state index contributed by atoms with van der Waals surface area (Å²) in [5.74, 6) is -0.437. The van der Waals surface area contributed by atoms with Crippen LogP contribution in [0, 0.1) is 0 Å². The maximum atomic E-state index is 12.2. The van der Waals surface area contributed by atoms with Crippen LogP contribution in [0.2, 0.25) is 15.2 Å². The Balaban J connectivity index is 1.59. The summed E-state index contributed by atoms with van der Waals surface area (Å²) in [6.07, 6.45) is 1.43. The Morgan fingerprint density at radius 3 is 2.41 bits per heavy atom. The standard InChI is InChI=1S/C16H10Cl3N5O2S/c17-10-3-1-8(5-11(10)18)22-15(26)24-16-23-12(7-27-16)14(25)21-9-2-4-13(19)20-6-9/h1-7H,(H,21,25)(H2,22,23,24,26). The molecule has 2 aromatic heterocycles. The maximum absolute atomic E-state index is 12.2. The van der Waals surface area contributed by atoms with Gasteiger partial charge in [0.25, 0.3) is 5.91 Å². The van der Waals surface area contributed by atoms with Gasteiger partial charge in [0, 0.05) is 11.1 Å². The second-order valence-corrected chi connectivity index (χ2v) is 7.13. The lowest BCUT2D eigenvalue weighted by Gasteiger charge is -2.06. The number of aromatic nitrogens is 2. The second kappa shape index (κ2) is 8.53. The molecule has 3 amide bonds. The molecule has 7 nitrogen and oxygen atoms in total. The van der Waals surface area contributed by atoms with Gasteiger partial charge < -0.3 is 10.6 Å². The Hall–Kier alpha value is -2.39. The molecule has 0 aliphatic rings. The zero-order valence-corrected chi connectivity index (χ0v) is 16.4. The minimum absolute atomic E-state index is 0.153. The van der Waals surface area contributed by atoms with E-state index in [1.807, 2.05) is 0 Å². The lowest BCUT2D eigenvalue weighted by Crippen LogP contribution is -2.19. The van der Waals surface area contributed by atoms with Gasteiger partial charge in [0.15, 0.2) is 5.13 Å². The number of nitrogens with one attached hydrogen (secondary N) is 3. The Bertz CT molecular complexity index is 994. The molecule has 27 heavy (non-hydrogen) atoms. The van der Waals surface area contributed by atoms with E-state index in [0.29, 0.717) is 26.6 Å². The highest BCUT2D eigenvalue weighted by molar-refractivity contribution is 7.14. The third kappa shape index (κ3) is 5.30. The number of carbonyl (C=O) groups is 2. The van der Waals surface area contributed by atoms with Crippen LogP contribution >= 0.6 is 46.1 Å². The number of halogens is 3. The minimum Gasteiger partial charge on any atom is -0.319 e. The van der Waals surface area contributed by atoms with E-state index >= 15 is 0 Å². The van der Waals surface area contributed by atoms with E-state index in [-0.39, 0.29) is 10.8 Å². The third-order valence-corrected chi connectivity index (χ3v) is 4.84. The summed E-state index contributed by atoms with van der Waals surface area (Å²) in [7, 11) is 0. The van der Waals surface area contributed by atoms with Gasteiger partial charge in [0.2, 0.25) is 0 Å². The van der Waals surface area contributed by atoms with Crippen LogP contribution in [0.5, 0.6) is 0 Å². The number of urea groups is 1. The first kappa shape index (κ1) is 19.4. The number of hydrogen-bond acceptors (Lipinski definition) is 5. The van der Waals surface area contributed by atoms with Crippen LogP contribution in [-0.2, 0) is 0 Å². The van der Waals surface area contributed by atoms with Crippen molar-refractivity contribution in [1.82, 2.24) is 9.97 Å². The third-order valence-electron chi connectivity index (χ3n) is 3.12. The van der Waals surface area contributed by atoms with E-state index in [1.54, 1.807) is 24.3 Å². The van der Waals surface area contributed by atoms with Gasteiger partial charge >= 0.3 is 6.03 Å². The fraction of sp³-hybridized carbons (Fsp3) is 0. The van der Waals surface area contributed by atoms with Gasteiger partial charge in [-0.1, -0.05) is 34.8 Å². The van der Waals surface area contributed by atoms with Crippen molar-refractivity contribution < 1.29 is 9.59 Å². The molecule has 0 saturated carbocycles. The molecule has 0 radical (unpaired) electrons. The predicted octanol–water partition coefficient (Wildman–Crippen LogP) is 5.39. The largest absolute Gasteiger partial charge is 0.325 e. The molecule has 0 saturated heterocycles. The average Bonchev–Trinajstić information content (AvgIpc) is 3.08. The molecule has 3 aromatic rings. The summed E-state index contributed by atoms with van der Waals surface area (Å²) in [6.45, 7) is 0. The van der Waals surface area contributed by atoms with E-state index in [1.165, 1.54) is 17.6 Å². The molecule has 0 unspecified atom stereocenters. The summed E-state index contributed by atoms with van der Waals surface area (Å²) < 4.78 is 0. The van der Waals surface area contributed by atoms with Gasteiger partial charge in [0.05, 0.1) is 21.9 Å². The topological polar surface area (TPSA) is 96.0 Å². The van der Waals surface area contributed by atoms with E-state index in [4.69, 9.17) is 34.8 Å². The first-order valence-electron chi connectivity index (χ1n) is 7.32. The summed E-state index contributed by atoms with van der Waals surface area (Å²) in [6, 6.07) is 7.33. The highest BCUT2D eigenvalue weighted by Crippen LogP contribution is 2.25. The van der Waals surface area contributed by atoms with Gasteiger partial charge in [-0.05, 0) is 30.3 Å². The molecule has 2 heterocycles. The van der Waals surface area contributed by atoms with Crippen molar-refractivity contribution in [3.8, 4) is 0 Å². The zero-order valence-electron chi connectivity index (χ0n) is 13.3. The number of pyridine rings is 1. The first-order chi connectivity index (χ1) is 12.9. The summed E-state index contributed by atoms with van der Waals surface area (Å²) in [5.41, 5.74) is 1.09. The Labute approximate surface area is 172 Å². The maximum Gasteiger partial charge on any atom is 0.325 e. The highest BCUT2D eigenvalue weighted by Gasteiger charge is 2.13. The molecule has 3 N–H and O–H groups in total. The van der Waals surface area contributed by atoms with Crippen LogP contribution in [0.25, 0.3) is 0 Å². The van der Waals surface area contributed by atoms with E-state index in [0.717, 1.165) is 11.3 Å². The molecule has 0 spiro atoms. The van der Waals surface area contributed by atoms with Crippen LogP contribution in [0.1, 0.15) is 10.5 Å². The van der Waals surface area contributed by atoms with Gasteiger partial charge in [-0.3, -0.25) is 10.1 Å². The number of anilines is 3. The zero-order chi connectivity index (χ0) is 19.4. The summed E-state index contributed by atoms with van der Waals surface area (Å²) in [4.78, 5) is 32.2. The number of carbonyl (C=O) groups excluding carboxylic acids is 2. The number of nitrogens with zero attached hydrogens (tertiary/aromatic N) is 2. The van der Waals surface area contributed by atoms with Crippen molar-refractivity contribution in [1.29, 1.82) is 0 Å². The lowest BCUT2D eigenvalue weighted by molar-refractivity contribution is 0.102. The molecular formula is C16H10Cl3N5O2S. The number of rotatable bonds is 4. The van der Waals surface area contributed by atoms with Gasteiger partial charge in [0.1, 0.15) is 10.8 Å². The fourth-order valence-corrected chi connectivity index (χ4v) is 3.01. The first-order valence-corrected chi connectivity index (χ1v) is 9.33. The quantitative estimate of drug-likeness (QED) is 0.472. The monoisotopic (exact) mass is 441 g/mol. The number of benzene rings is 1. The predicted molar refractivity (Wildman–Crippen MR) is 108 cm³/mol. The molecule has 0 aliphatic heterocycles.